The van der Waals surface area contributed by atoms with Gasteiger partial charge in [0.1, 0.15) is 0 Å². The molecular formula is C13H21N2+. The van der Waals surface area contributed by atoms with Gasteiger partial charge in [-0.2, -0.15) is 0 Å². The molecular weight excluding hydrogens is 184 g/mol. The van der Waals surface area contributed by atoms with Gasteiger partial charge in [-0.1, -0.05) is 0 Å². The summed E-state index contributed by atoms with van der Waals surface area (Å²) in [5.41, 5.74) is 13.6. The Morgan fingerprint density at radius 2 is 1.20 bits per heavy atom. The third-order valence-electron chi connectivity index (χ3n) is 3.54. The van der Waals surface area contributed by atoms with Crippen LogP contribution in [0, 0.1) is 34.6 Å². The first-order valence-corrected chi connectivity index (χ1v) is 5.28. The van der Waals surface area contributed by atoms with Gasteiger partial charge >= 0.3 is 0 Å². The third kappa shape index (κ3) is 2.04. The Kier molecular flexibility index (Phi) is 3.18. The quantitative estimate of drug-likeness (QED) is 0.547. The minimum atomic E-state index is 0.490. The molecule has 0 saturated carbocycles. The predicted molar refractivity (Wildman–Crippen MR) is 65.0 cm³/mol. The van der Waals surface area contributed by atoms with Crippen molar-refractivity contribution in [1.29, 1.82) is 0 Å². The molecule has 0 fully saturated rings. The van der Waals surface area contributed by atoms with Gasteiger partial charge in [-0.3, -0.25) is 11.1 Å². The maximum absolute atomic E-state index is 5.59. The monoisotopic (exact) mass is 205 g/mol. The van der Waals surface area contributed by atoms with E-state index in [0.717, 1.165) is 0 Å². The smallest absolute Gasteiger partial charge is 0.242 e. The van der Waals surface area contributed by atoms with E-state index in [-0.39, 0.29) is 0 Å². The Morgan fingerprint density at radius 1 is 0.867 bits per heavy atom. The van der Waals surface area contributed by atoms with Crippen LogP contribution in [0.4, 0.5) is 0 Å². The highest BCUT2D eigenvalue weighted by molar-refractivity contribution is 5.78. The van der Waals surface area contributed by atoms with Crippen molar-refractivity contribution in [1.82, 2.24) is 0 Å². The van der Waals surface area contributed by atoms with Crippen molar-refractivity contribution in [3.63, 3.8) is 0 Å². The van der Waals surface area contributed by atoms with Gasteiger partial charge in [-0.25, -0.2) is 0 Å². The zero-order valence-electron chi connectivity index (χ0n) is 10.4. The molecule has 0 atom stereocenters. The van der Waals surface area contributed by atoms with Crippen molar-refractivity contribution in [2.24, 2.45) is 5.73 Å². The maximum atomic E-state index is 5.59. The van der Waals surface area contributed by atoms with Crippen molar-refractivity contribution in [3.05, 3.63) is 33.4 Å². The van der Waals surface area contributed by atoms with Gasteiger partial charge in [-0.05, 0) is 68.0 Å². The fourth-order valence-electron chi connectivity index (χ4n) is 2.05. The molecule has 2 nitrogen and oxygen atoms in total. The average Bonchev–Trinajstić information content (AvgIpc) is 2.18. The highest BCUT2D eigenvalue weighted by Crippen LogP contribution is 2.25. The summed E-state index contributed by atoms with van der Waals surface area (Å²) in [6.07, 6.45) is 0.680. The number of benzene rings is 1. The second-order valence-corrected chi connectivity index (χ2v) is 4.36. The summed E-state index contributed by atoms with van der Waals surface area (Å²) in [5.74, 6) is 0.490. The van der Waals surface area contributed by atoms with E-state index in [1.54, 1.807) is 0 Å². The number of hydrogen-bond donors (Lipinski definition) is 2. The fourth-order valence-corrected chi connectivity index (χ4v) is 2.05. The first-order valence-electron chi connectivity index (χ1n) is 5.28. The molecule has 0 unspecified atom stereocenters. The second kappa shape index (κ2) is 4.05. The lowest BCUT2D eigenvalue weighted by molar-refractivity contribution is -0.117. The van der Waals surface area contributed by atoms with E-state index in [2.05, 4.69) is 34.6 Å². The van der Waals surface area contributed by atoms with Crippen LogP contribution in [0.2, 0.25) is 0 Å². The van der Waals surface area contributed by atoms with Crippen molar-refractivity contribution in [3.8, 4) is 0 Å². The molecule has 0 aliphatic carbocycles. The van der Waals surface area contributed by atoms with Gasteiger partial charge in [0.2, 0.25) is 5.84 Å². The van der Waals surface area contributed by atoms with Crippen LogP contribution >= 0.6 is 0 Å². The van der Waals surface area contributed by atoms with E-state index in [0.29, 0.717) is 12.3 Å². The van der Waals surface area contributed by atoms with E-state index in [9.17, 15) is 0 Å². The highest BCUT2D eigenvalue weighted by Gasteiger charge is 2.13. The molecule has 1 aromatic carbocycles. The summed E-state index contributed by atoms with van der Waals surface area (Å²) in [4.78, 5) is 0. The van der Waals surface area contributed by atoms with E-state index in [4.69, 9.17) is 11.1 Å². The summed E-state index contributed by atoms with van der Waals surface area (Å²) in [5, 5.41) is 5.59. The molecule has 1 aromatic rings. The van der Waals surface area contributed by atoms with Crippen molar-refractivity contribution >= 4 is 5.84 Å². The molecule has 1 rings (SSSR count). The molecule has 0 heterocycles. The first kappa shape index (κ1) is 11.8. The number of rotatable bonds is 2. The van der Waals surface area contributed by atoms with E-state index in [1.807, 2.05) is 0 Å². The van der Waals surface area contributed by atoms with Crippen LogP contribution in [-0.4, -0.2) is 5.84 Å². The molecule has 0 aliphatic heterocycles. The molecule has 4 N–H and O–H groups in total. The van der Waals surface area contributed by atoms with Gasteiger partial charge in [0.25, 0.3) is 0 Å². The summed E-state index contributed by atoms with van der Waals surface area (Å²) < 4.78 is 0. The predicted octanol–water partition coefficient (Wildman–Crippen LogP) is 0.888. The molecule has 15 heavy (non-hydrogen) atoms. The SMILES string of the molecule is Cc1c(C)c(C)c(CC(N)=[NH2+])c(C)c1C. The van der Waals surface area contributed by atoms with E-state index < -0.39 is 0 Å². The van der Waals surface area contributed by atoms with Gasteiger partial charge in [0.15, 0.2) is 0 Å². The molecule has 0 bridgehead atoms. The maximum Gasteiger partial charge on any atom is 0.242 e. The molecule has 0 amide bonds. The van der Waals surface area contributed by atoms with E-state index in [1.165, 1.54) is 33.4 Å². The number of hydrogen-bond acceptors (Lipinski definition) is 0. The molecule has 0 spiro atoms. The van der Waals surface area contributed by atoms with Crippen LogP contribution in [0.15, 0.2) is 0 Å². The number of nitrogens with two attached hydrogens (primary N) is 2. The Balaban J connectivity index is 3.45. The van der Waals surface area contributed by atoms with Crippen molar-refractivity contribution in [2.75, 3.05) is 0 Å². The van der Waals surface area contributed by atoms with Gasteiger partial charge in [-0.15, -0.1) is 0 Å². The lowest BCUT2D eigenvalue weighted by Crippen LogP contribution is -2.47. The van der Waals surface area contributed by atoms with Crippen LogP contribution in [0.25, 0.3) is 0 Å². The highest BCUT2D eigenvalue weighted by atomic mass is 14.7. The van der Waals surface area contributed by atoms with Crippen LogP contribution in [0.3, 0.4) is 0 Å². The van der Waals surface area contributed by atoms with Crippen molar-refractivity contribution in [2.45, 2.75) is 41.0 Å². The summed E-state index contributed by atoms with van der Waals surface area (Å²) in [6.45, 7) is 10.8. The normalized spacial score (nSPS) is 10.5. The van der Waals surface area contributed by atoms with Gasteiger partial charge < -0.3 is 0 Å². The second-order valence-electron chi connectivity index (χ2n) is 4.36. The minimum absolute atomic E-state index is 0.490. The Bertz CT molecular complexity index is 388. The lowest BCUT2D eigenvalue weighted by atomic mass is 9.88. The standard InChI is InChI=1S/C13H20N2/c1-7-8(2)10(4)12(6-13(14)15)11(5)9(7)3/h6H2,1-5H3,(H3,14,15)/p+1. The third-order valence-corrected chi connectivity index (χ3v) is 3.54. The van der Waals surface area contributed by atoms with E-state index >= 15 is 0 Å². The Labute approximate surface area is 92.0 Å². The fraction of sp³-hybridized carbons (Fsp3) is 0.462. The molecule has 82 valence electrons. The van der Waals surface area contributed by atoms with Crippen LogP contribution < -0.4 is 11.1 Å². The molecule has 0 aliphatic rings. The molecule has 0 radical (unpaired) electrons. The number of amidine groups is 1. The zero-order chi connectivity index (χ0) is 11.7. The zero-order valence-corrected chi connectivity index (χ0v) is 10.4. The van der Waals surface area contributed by atoms with Gasteiger partial charge in [0.05, 0.1) is 6.42 Å². The van der Waals surface area contributed by atoms with Crippen LogP contribution in [0.5, 0.6) is 0 Å². The average molecular weight is 205 g/mol. The largest absolute Gasteiger partial charge is 0.291 e. The molecule has 2 heteroatoms. The lowest BCUT2D eigenvalue weighted by Gasteiger charge is -2.17. The molecule has 0 saturated heterocycles. The topological polar surface area (TPSA) is 51.6 Å². The summed E-state index contributed by atoms with van der Waals surface area (Å²) in [7, 11) is 0. The Hall–Kier alpha value is -1.31. The van der Waals surface area contributed by atoms with Crippen molar-refractivity contribution < 1.29 is 5.41 Å². The minimum Gasteiger partial charge on any atom is -0.291 e. The molecule has 0 aromatic heterocycles. The summed E-state index contributed by atoms with van der Waals surface area (Å²) in [6, 6.07) is 0. The first-order chi connectivity index (χ1) is 6.86. The summed E-state index contributed by atoms with van der Waals surface area (Å²) >= 11 is 0. The van der Waals surface area contributed by atoms with Gasteiger partial charge in [0, 0.05) is 0 Å². The Morgan fingerprint density at radius 3 is 1.53 bits per heavy atom. The van der Waals surface area contributed by atoms with Crippen LogP contribution in [0.1, 0.15) is 33.4 Å². The van der Waals surface area contributed by atoms with Crippen LogP contribution in [-0.2, 0) is 6.42 Å².